The molecule has 0 saturated carbocycles. The Morgan fingerprint density at radius 1 is 1.20 bits per heavy atom. The molecule has 0 spiro atoms. The quantitative estimate of drug-likeness (QED) is 0.542. The molecule has 0 N–H and O–H groups in total. The lowest BCUT2D eigenvalue weighted by atomic mass is 9.87. The Kier molecular flexibility index (Phi) is 4.14. The molecule has 4 rings (SSSR count). The number of rotatable bonds is 3. The van der Waals surface area contributed by atoms with Gasteiger partial charge in [-0.05, 0) is 63.9 Å². The third-order valence-corrected chi connectivity index (χ3v) is 5.16. The summed E-state index contributed by atoms with van der Waals surface area (Å²) in [5.41, 5.74) is 3.56. The van der Waals surface area contributed by atoms with Crippen LogP contribution in [0.15, 0.2) is 42.5 Å². The third kappa shape index (κ3) is 3.34. The van der Waals surface area contributed by atoms with E-state index in [-0.39, 0.29) is 11.5 Å². The zero-order valence-corrected chi connectivity index (χ0v) is 16.8. The SMILES string of the molecule is CC(C)(C)c1ccc(OC[C@@H]2Cn3c(nc4ccc(I)cc43)O2)cc1. The molecule has 0 fully saturated rings. The van der Waals surface area contributed by atoms with Crippen LogP contribution in [0.2, 0.25) is 0 Å². The molecule has 1 aliphatic heterocycles. The van der Waals surface area contributed by atoms with E-state index in [9.17, 15) is 0 Å². The fourth-order valence-electron chi connectivity index (χ4n) is 3.06. The molecular weight excluding hydrogens is 427 g/mol. The molecule has 2 heterocycles. The van der Waals surface area contributed by atoms with Gasteiger partial charge in [-0.25, -0.2) is 0 Å². The third-order valence-electron chi connectivity index (χ3n) is 4.49. The molecule has 1 atom stereocenters. The number of halogens is 1. The van der Waals surface area contributed by atoms with Crippen molar-refractivity contribution in [3.8, 4) is 11.8 Å². The van der Waals surface area contributed by atoms with Crippen molar-refractivity contribution >= 4 is 33.6 Å². The first-order valence-corrected chi connectivity index (χ1v) is 9.54. The van der Waals surface area contributed by atoms with Crippen LogP contribution >= 0.6 is 22.6 Å². The van der Waals surface area contributed by atoms with E-state index in [0.717, 1.165) is 23.3 Å². The molecule has 130 valence electrons. The molecule has 4 nitrogen and oxygen atoms in total. The summed E-state index contributed by atoms with van der Waals surface area (Å²) in [6, 6.07) is 15.3. The molecule has 1 aromatic heterocycles. The number of aromatic nitrogens is 2. The fraction of sp³-hybridized carbons (Fsp3) is 0.350. The summed E-state index contributed by atoms with van der Waals surface area (Å²) in [5.74, 6) is 0.876. The molecule has 0 unspecified atom stereocenters. The zero-order chi connectivity index (χ0) is 17.6. The van der Waals surface area contributed by atoms with Gasteiger partial charge in [0.15, 0.2) is 6.10 Å². The second-order valence-electron chi connectivity index (χ2n) is 7.46. The smallest absolute Gasteiger partial charge is 0.297 e. The Morgan fingerprint density at radius 2 is 1.96 bits per heavy atom. The molecule has 0 saturated heterocycles. The second kappa shape index (κ2) is 6.20. The number of hydrogen-bond acceptors (Lipinski definition) is 3. The summed E-state index contributed by atoms with van der Waals surface area (Å²) < 4.78 is 15.2. The van der Waals surface area contributed by atoms with Gasteiger partial charge in [0.25, 0.3) is 6.01 Å². The number of nitrogens with zero attached hydrogens (tertiary/aromatic N) is 2. The summed E-state index contributed by atoms with van der Waals surface area (Å²) in [4.78, 5) is 4.56. The molecular formula is C20H21IN2O2. The van der Waals surface area contributed by atoms with E-state index in [0.29, 0.717) is 12.6 Å². The lowest BCUT2D eigenvalue weighted by molar-refractivity contribution is 0.144. The van der Waals surface area contributed by atoms with Crippen molar-refractivity contribution < 1.29 is 9.47 Å². The Balaban J connectivity index is 1.42. The summed E-state index contributed by atoms with van der Waals surface area (Å²) in [6.45, 7) is 7.92. The normalized spacial score (nSPS) is 16.7. The van der Waals surface area contributed by atoms with E-state index in [2.05, 4.69) is 77.2 Å². The highest BCUT2D eigenvalue weighted by atomic mass is 127. The Bertz CT molecular complexity index is 910. The second-order valence-corrected chi connectivity index (χ2v) is 8.71. The van der Waals surface area contributed by atoms with Gasteiger partial charge in [0, 0.05) is 3.57 Å². The van der Waals surface area contributed by atoms with Gasteiger partial charge in [0.2, 0.25) is 0 Å². The van der Waals surface area contributed by atoms with Gasteiger partial charge in [0.1, 0.15) is 12.4 Å². The summed E-state index contributed by atoms with van der Waals surface area (Å²) in [6.07, 6.45) is -0.00735. The Labute approximate surface area is 161 Å². The maximum Gasteiger partial charge on any atom is 0.297 e. The molecule has 0 radical (unpaired) electrons. The van der Waals surface area contributed by atoms with E-state index in [1.807, 2.05) is 18.2 Å². The van der Waals surface area contributed by atoms with Gasteiger partial charge < -0.3 is 9.47 Å². The van der Waals surface area contributed by atoms with Gasteiger partial charge in [-0.3, -0.25) is 4.57 Å². The predicted octanol–water partition coefficient (Wildman–Crippen LogP) is 4.78. The van der Waals surface area contributed by atoms with E-state index in [1.54, 1.807) is 0 Å². The van der Waals surface area contributed by atoms with Crippen LogP contribution in [0.4, 0.5) is 0 Å². The average molecular weight is 448 g/mol. The van der Waals surface area contributed by atoms with Crippen LogP contribution in [-0.4, -0.2) is 22.3 Å². The molecule has 25 heavy (non-hydrogen) atoms. The van der Waals surface area contributed by atoms with Gasteiger partial charge in [-0.1, -0.05) is 32.9 Å². The topological polar surface area (TPSA) is 36.3 Å². The first kappa shape index (κ1) is 16.7. The van der Waals surface area contributed by atoms with Crippen molar-refractivity contribution in [3.63, 3.8) is 0 Å². The standard InChI is InChI=1S/C20H21IN2O2/c1-20(2,3)13-4-7-15(8-5-13)24-12-16-11-23-18-10-14(21)6-9-17(18)22-19(23)25-16/h4-10,16H,11-12H2,1-3H3/t16-/m0/s1. The van der Waals surface area contributed by atoms with E-state index in [4.69, 9.17) is 9.47 Å². The molecule has 3 aromatic rings. The van der Waals surface area contributed by atoms with Crippen LogP contribution in [0.3, 0.4) is 0 Å². The average Bonchev–Trinajstić information content (AvgIpc) is 3.10. The summed E-state index contributed by atoms with van der Waals surface area (Å²) in [7, 11) is 0. The minimum Gasteiger partial charge on any atom is -0.490 e. The van der Waals surface area contributed by atoms with E-state index >= 15 is 0 Å². The van der Waals surface area contributed by atoms with Crippen LogP contribution in [0.5, 0.6) is 11.8 Å². The predicted molar refractivity (Wildman–Crippen MR) is 108 cm³/mol. The number of ether oxygens (including phenoxy) is 2. The van der Waals surface area contributed by atoms with Gasteiger partial charge in [0.05, 0.1) is 17.6 Å². The lowest BCUT2D eigenvalue weighted by Crippen LogP contribution is -2.23. The molecule has 1 aliphatic rings. The van der Waals surface area contributed by atoms with Crippen molar-refractivity contribution in [2.75, 3.05) is 6.61 Å². The maximum absolute atomic E-state index is 5.96. The van der Waals surface area contributed by atoms with Crippen LogP contribution in [-0.2, 0) is 12.0 Å². The number of fused-ring (bicyclic) bond motifs is 3. The summed E-state index contributed by atoms with van der Waals surface area (Å²) in [5, 5.41) is 0. The van der Waals surface area contributed by atoms with Gasteiger partial charge in [-0.2, -0.15) is 4.98 Å². The minimum atomic E-state index is -0.00735. The number of benzene rings is 2. The van der Waals surface area contributed by atoms with Crippen molar-refractivity contribution in [2.45, 2.75) is 38.8 Å². The highest BCUT2D eigenvalue weighted by Crippen LogP contribution is 2.29. The van der Waals surface area contributed by atoms with Gasteiger partial charge in [-0.15, -0.1) is 0 Å². The van der Waals surface area contributed by atoms with Crippen LogP contribution in [0, 0.1) is 3.57 Å². The molecule has 0 bridgehead atoms. The Morgan fingerprint density at radius 3 is 2.68 bits per heavy atom. The van der Waals surface area contributed by atoms with Gasteiger partial charge >= 0.3 is 0 Å². The molecule has 0 aliphatic carbocycles. The van der Waals surface area contributed by atoms with Crippen LogP contribution in [0.25, 0.3) is 11.0 Å². The summed E-state index contributed by atoms with van der Waals surface area (Å²) >= 11 is 2.32. The zero-order valence-electron chi connectivity index (χ0n) is 14.6. The maximum atomic E-state index is 5.96. The number of imidazole rings is 1. The van der Waals surface area contributed by atoms with E-state index < -0.39 is 0 Å². The molecule has 0 amide bonds. The highest BCUT2D eigenvalue weighted by Gasteiger charge is 2.27. The van der Waals surface area contributed by atoms with E-state index in [1.165, 1.54) is 9.13 Å². The molecule has 2 aromatic carbocycles. The number of hydrogen-bond donors (Lipinski definition) is 0. The first-order valence-electron chi connectivity index (χ1n) is 8.46. The van der Waals surface area contributed by atoms with Crippen molar-refractivity contribution in [1.82, 2.24) is 9.55 Å². The minimum absolute atomic E-state index is 0.00735. The highest BCUT2D eigenvalue weighted by molar-refractivity contribution is 14.1. The fourth-order valence-corrected chi connectivity index (χ4v) is 3.53. The van der Waals surface area contributed by atoms with Crippen LogP contribution in [0.1, 0.15) is 26.3 Å². The first-order chi connectivity index (χ1) is 11.9. The van der Waals surface area contributed by atoms with Crippen molar-refractivity contribution in [1.29, 1.82) is 0 Å². The lowest BCUT2D eigenvalue weighted by Gasteiger charge is -2.19. The molecule has 5 heteroatoms. The van der Waals surface area contributed by atoms with Crippen molar-refractivity contribution in [2.24, 2.45) is 0 Å². The largest absolute Gasteiger partial charge is 0.490 e. The monoisotopic (exact) mass is 448 g/mol. The van der Waals surface area contributed by atoms with Crippen LogP contribution < -0.4 is 9.47 Å². The Hall–Kier alpha value is -1.76. The van der Waals surface area contributed by atoms with Crippen molar-refractivity contribution in [3.05, 3.63) is 51.6 Å².